The van der Waals surface area contributed by atoms with Crippen LogP contribution in [0.2, 0.25) is 0 Å². The van der Waals surface area contributed by atoms with Crippen LogP contribution in [0.3, 0.4) is 0 Å². The third kappa shape index (κ3) is 3.61. The monoisotopic (exact) mass is 289 g/mol. The molecule has 0 bridgehead atoms. The number of benzene rings is 1. The number of fused-ring (bicyclic) bond motifs is 1. The molecule has 21 heavy (non-hydrogen) atoms. The predicted molar refractivity (Wildman–Crippen MR) is 82.9 cm³/mol. The lowest BCUT2D eigenvalue weighted by atomic mass is 10.0. The molecule has 0 radical (unpaired) electrons. The number of rotatable bonds is 7. The normalized spacial score (nSPS) is 14.0. The third-order valence-corrected chi connectivity index (χ3v) is 3.96. The summed E-state index contributed by atoms with van der Waals surface area (Å²) in [6, 6.07) is 7.48. The summed E-state index contributed by atoms with van der Waals surface area (Å²) < 4.78 is 1.89. The van der Waals surface area contributed by atoms with Crippen LogP contribution in [-0.2, 0) is 4.79 Å². The van der Waals surface area contributed by atoms with E-state index < -0.39 is 0 Å². The van der Waals surface area contributed by atoms with Crippen molar-refractivity contribution in [1.82, 2.24) is 14.9 Å². The molecule has 1 amide bonds. The fourth-order valence-electron chi connectivity index (χ4n) is 2.44. The quantitative estimate of drug-likeness (QED) is 0.820. The number of aromatic nitrogens is 2. The zero-order valence-electron chi connectivity index (χ0n) is 12.6. The number of imidazole rings is 1. The molecule has 5 heteroatoms. The second-order valence-corrected chi connectivity index (χ2v) is 5.35. The molecule has 0 aliphatic heterocycles. The minimum Gasteiger partial charge on any atom is -0.396 e. The van der Waals surface area contributed by atoms with Gasteiger partial charge in [-0.3, -0.25) is 4.79 Å². The number of amides is 1. The van der Waals surface area contributed by atoms with E-state index in [4.69, 9.17) is 5.11 Å². The van der Waals surface area contributed by atoms with Gasteiger partial charge in [-0.25, -0.2) is 4.98 Å². The van der Waals surface area contributed by atoms with Crippen molar-refractivity contribution < 1.29 is 9.90 Å². The van der Waals surface area contributed by atoms with E-state index in [-0.39, 0.29) is 18.6 Å². The molecule has 114 valence electrons. The molecule has 2 aromatic rings. The number of carbonyl (C=O) groups is 1. The molecule has 0 spiro atoms. The van der Waals surface area contributed by atoms with Gasteiger partial charge in [-0.2, -0.15) is 0 Å². The van der Waals surface area contributed by atoms with E-state index in [9.17, 15) is 4.79 Å². The molecular weight excluding hydrogens is 266 g/mol. The van der Waals surface area contributed by atoms with Crippen molar-refractivity contribution in [1.29, 1.82) is 0 Å². The van der Waals surface area contributed by atoms with Gasteiger partial charge in [-0.05, 0) is 31.4 Å². The maximum atomic E-state index is 12.3. The topological polar surface area (TPSA) is 67.2 Å². The predicted octanol–water partition coefficient (Wildman–Crippen LogP) is 2.12. The van der Waals surface area contributed by atoms with Crippen molar-refractivity contribution in [3.05, 3.63) is 30.6 Å². The Morgan fingerprint density at radius 1 is 1.43 bits per heavy atom. The average molecular weight is 289 g/mol. The smallest absolute Gasteiger partial charge is 0.242 e. The molecule has 2 rings (SSSR count). The summed E-state index contributed by atoms with van der Waals surface area (Å²) in [7, 11) is 0. The first-order valence-electron chi connectivity index (χ1n) is 7.47. The Bertz CT molecular complexity index is 594. The van der Waals surface area contributed by atoms with Crippen molar-refractivity contribution in [2.24, 2.45) is 5.92 Å². The lowest BCUT2D eigenvalue weighted by Gasteiger charge is -2.18. The molecule has 1 aromatic heterocycles. The highest BCUT2D eigenvalue weighted by molar-refractivity contribution is 5.83. The molecule has 5 nitrogen and oxygen atoms in total. The Balaban J connectivity index is 2.02. The fourth-order valence-corrected chi connectivity index (χ4v) is 2.44. The third-order valence-electron chi connectivity index (χ3n) is 3.96. The first-order chi connectivity index (χ1) is 10.2. The van der Waals surface area contributed by atoms with Gasteiger partial charge >= 0.3 is 0 Å². The highest BCUT2D eigenvalue weighted by Gasteiger charge is 2.17. The zero-order valence-corrected chi connectivity index (χ0v) is 12.6. The summed E-state index contributed by atoms with van der Waals surface area (Å²) in [6.45, 7) is 4.71. The molecule has 1 heterocycles. The minimum absolute atomic E-state index is 0.0189. The Morgan fingerprint density at radius 2 is 2.19 bits per heavy atom. The summed E-state index contributed by atoms with van der Waals surface area (Å²) in [5, 5.41) is 12.0. The number of nitrogens with zero attached hydrogens (tertiary/aromatic N) is 2. The van der Waals surface area contributed by atoms with Crippen LogP contribution in [0.1, 0.15) is 32.7 Å². The van der Waals surface area contributed by atoms with Crippen molar-refractivity contribution >= 4 is 16.9 Å². The summed E-state index contributed by atoms with van der Waals surface area (Å²) in [5.74, 6) is 0.306. The maximum absolute atomic E-state index is 12.3. The van der Waals surface area contributed by atoms with Crippen LogP contribution >= 0.6 is 0 Å². The van der Waals surface area contributed by atoms with Crippen molar-refractivity contribution in [3.8, 4) is 0 Å². The van der Waals surface area contributed by atoms with Gasteiger partial charge in [-0.15, -0.1) is 0 Å². The maximum Gasteiger partial charge on any atom is 0.242 e. The number of aliphatic hydroxyl groups excluding tert-OH is 1. The summed E-state index contributed by atoms with van der Waals surface area (Å²) >= 11 is 0. The van der Waals surface area contributed by atoms with Crippen molar-refractivity contribution in [3.63, 3.8) is 0 Å². The Labute approximate surface area is 125 Å². The van der Waals surface area contributed by atoms with Gasteiger partial charge in [0, 0.05) is 13.2 Å². The van der Waals surface area contributed by atoms with Crippen LogP contribution in [0.15, 0.2) is 30.6 Å². The SMILES string of the molecule is CCC(CCO)CNC(=O)C(C)n1cnc2ccccc21. The highest BCUT2D eigenvalue weighted by atomic mass is 16.3. The first-order valence-corrected chi connectivity index (χ1v) is 7.47. The second kappa shape index (κ2) is 7.22. The Hall–Kier alpha value is -1.88. The number of nitrogens with one attached hydrogen (secondary N) is 1. The number of hydrogen-bond donors (Lipinski definition) is 2. The summed E-state index contributed by atoms with van der Waals surface area (Å²) in [5.41, 5.74) is 1.85. The van der Waals surface area contributed by atoms with Crippen molar-refractivity contribution in [2.45, 2.75) is 32.7 Å². The Kier molecular flexibility index (Phi) is 5.33. The van der Waals surface area contributed by atoms with Gasteiger partial charge < -0.3 is 15.0 Å². The molecule has 2 N–H and O–H groups in total. The number of para-hydroxylation sites is 2. The standard InChI is InChI=1S/C16H23N3O2/c1-3-13(8-9-20)10-17-16(21)12(2)19-11-18-14-6-4-5-7-15(14)19/h4-7,11-13,20H,3,8-10H2,1-2H3,(H,17,21). The van der Waals surface area contributed by atoms with E-state index >= 15 is 0 Å². The summed E-state index contributed by atoms with van der Waals surface area (Å²) in [6.07, 6.45) is 3.38. The number of carbonyl (C=O) groups excluding carboxylic acids is 1. The summed E-state index contributed by atoms with van der Waals surface area (Å²) in [4.78, 5) is 16.6. The molecule has 2 unspecified atom stereocenters. The second-order valence-electron chi connectivity index (χ2n) is 5.35. The lowest BCUT2D eigenvalue weighted by molar-refractivity contribution is -0.124. The molecule has 0 saturated carbocycles. The van der Waals surface area contributed by atoms with E-state index in [0.717, 1.165) is 23.9 Å². The molecule has 0 saturated heterocycles. The van der Waals surface area contributed by atoms with E-state index in [1.807, 2.05) is 35.8 Å². The zero-order chi connectivity index (χ0) is 15.2. The van der Waals surface area contributed by atoms with Gasteiger partial charge in [0.1, 0.15) is 6.04 Å². The average Bonchev–Trinajstić information content (AvgIpc) is 2.94. The van der Waals surface area contributed by atoms with Crippen LogP contribution in [-0.4, -0.2) is 33.7 Å². The van der Waals surface area contributed by atoms with Gasteiger partial charge in [0.15, 0.2) is 0 Å². The fraction of sp³-hybridized carbons (Fsp3) is 0.500. The Morgan fingerprint density at radius 3 is 2.90 bits per heavy atom. The molecule has 1 aromatic carbocycles. The van der Waals surface area contributed by atoms with Crippen LogP contribution in [0.5, 0.6) is 0 Å². The van der Waals surface area contributed by atoms with Crippen LogP contribution < -0.4 is 5.32 Å². The first kappa shape index (κ1) is 15.5. The van der Waals surface area contributed by atoms with Gasteiger partial charge in [0.25, 0.3) is 0 Å². The minimum atomic E-state index is -0.302. The van der Waals surface area contributed by atoms with E-state index in [1.165, 1.54) is 0 Å². The molecule has 0 aliphatic carbocycles. The molecular formula is C16H23N3O2. The largest absolute Gasteiger partial charge is 0.396 e. The number of aliphatic hydroxyl groups is 1. The van der Waals surface area contributed by atoms with Gasteiger partial charge in [-0.1, -0.05) is 25.5 Å². The van der Waals surface area contributed by atoms with Crippen LogP contribution in [0.4, 0.5) is 0 Å². The van der Waals surface area contributed by atoms with E-state index in [0.29, 0.717) is 12.5 Å². The lowest BCUT2D eigenvalue weighted by Crippen LogP contribution is -2.34. The van der Waals surface area contributed by atoms with Gasteiger partial charge in [0.05, 0.1) is 17.4 Å². The molecule has 0 fully saturated rings. The van der Waals surface area contributed by atoms with E-state index in [1.54, 1.807) is 6.33 Å². The van der Waals surface area contributed by atoms with E-state index in [2.05, 4.69) is 17.2 Å². The number of hydrogen-bond acceptors (Lipinski definition) is 3. The van der Waals surface area contributed by atoms with Crippen LogP contribution in [0.25, 0.3) is 11.0 Å². The van der Waals surface area contributed by atoms with Crippen molar-refractivity contribution in [2.75, 3.05) is 13.2 Å². The molecule has 2 atom stereocenters. The highest BCUT2D eigenvalue weighted by Crippen LogP contribution is 2.17. The van der Waals surface area contributed by atoms with Crippen LogP contribution in [0, 0.1) is 5.92 Å². The molecule has 0 aliphatic rings. The van der Waals surface area contributed by atoms with Gasteiger partial charge in [0.2, 0.25) is 5.91 Å².